The zero-order valence-electron chi connectivity index (χ0n) is 10.6. The fourth-order valence-electron chi connectivity index (χ4n) is 2.33. The SMILES string of the molecule is O=CN1CCN(C(=O)CNCC2CCCO2)CC1. The van der Waals surface area contributed by atoms with E-state index in [1.807, 2.05) is 4.90 Å². The second-order valence-corrected chi connectivity index (χ2v) is 4.79. The van der Waals surface area contributed by atoms with Gasteiger partial charge in [-0.25, -0.2) is 0 Å². The molecule has 6 heteroatoms. The van der Waals surface area contributed by atoms with Crippen LogP contribution in [0.3, 0.4) is 0 Å². The first-order chi connectivity index (χ1) is 8.79. The zero-order chi connectivity index (χ0) is 12.8. The maximum Gasteiger partial charge on any atom is 0.236 e. The van der Waals surface area contributed by atoms with E-state index in [1.165, 1.54) is 0 Å². The highest BCUT2D eigenvalue weighted by Crippen LogP contribution is 2.10. The van der Waals surface area contributed by atoms with Gasteiger partial charge in [0.2, 0.25) is 12.3 Å². The Kier molecular flexibility index (Phi) is 4.95. The molecular weight excluding hydrogens is 234 g/mol. The molecule has 0 aromatic heterocycles. The van der Waals surface area contributed by atoms with Crippen LogP contribution in [0.5, 0.6) is 0 Å². The van der Waals surface area contributed by atoms with Crippen molar-refractivity contribution in [3.8, 4) is 0 Å². The van der Waals surface area contributed by atoms with Gasteiger partial charge in [-0.2, -0.15) is 0 Å². The van der Waals surface area contributed by atoms with E-state index in [9.17, 15) is 9.59 Å². The normalized spacial score (nSPS) is 24.3. The number of hydrogen-bond donors (Lipinski definition) is 1. The smallest absolute Gasteiger partial charge is 0.236 e. The molecule has 2 saturated heterocycles. The summed E-state index contributed by atoms with van der Waals surface area (Å²) >= 11 is 0. The third-order valence-electron chi connectivity index (χ3n) is 3.49. The monoisotopic (exact) mass is 255 g/mol. The molecule has 0 spiro atoms. The quantitative estimate of drug-likeness (QED) is 0.644. The Morgan fingerprint density at radius 2 is 2.11 bits per heavy atom. The molecule has 1 unspecified atom stereocenters. The Labute approximate surface area is 107 Å². The fourth-order valence-corrected chi connectivity index (χ4v) is 2.33. The summed E-state index contributed by atoms with van der Waals surface area (Å²) in [7, 11) is 0. The number of amides is 2. The number of nitrogens with one attached hydrogen (secondary N) is 1. The molecule has 2 rings (SSSR count). The Hall–Kier alpha value is -1.14. The summed E-state index contributed by atoms with van der Waals surface area (Å²) in [4.78, 5) is 25.9. The first-order valence-electron chi connectivity index (χ1n) is 6.59. The van der Waals surface area contributed by atoms with Crippen molar-refractivity contribution in [3.05, 3.63) is 0 Å². The molecule has 1 N–H and O–H groups in total. The van der Waals surface area contributed by atoms with Crippen molar-refractivity contribution in [2.75, 3.05) is 45.9 Å². The first-order valence-corrected chi connectivity index (χ1v) is 6.59. The second-order valence-electron chi connectivity index (χ2n) is 4.79. The molecule has 102 valence electrons. The van der Waals surface area contributed by atoms with Crippen molar-refractivity contribution >= 4 is 12.3 Å². The maximum absolute atomic E-state index is 11.9. The Balaban J connectivity index is 1.61. The van der Waals surface area contributed by atoms with Crippen LogP contribution in [-0.2, 0) is 14.3 Å². The molecule has 0 aromatic rings. The minimum absolute atomic E-state index is 0.110. The van der Waals surface area contributed by atoms with E-state index in [2.05, 4.69) is 5.32 Å². The van der Waals surface area contributed by atoms with Gasteiger partial charge in [0.25, 0.3) is 0 Å². The van der Waals surface area contributed by atoms with E-state index in [4.69, 9.17) is 4.74 Å². The molecule has 2 amide bonds. The summed E-state index contributed by atoms with van der Waals surface area (Å²) in [6.07, 6.45) is 3.31. The number of carbonyl (C=O) groups excluding carboxylic acids is 2. The minimum Gasteiger partial charge on any atom is -0.377 e. The lowest BCUT2D eigenvalue weighted by molar-refractivity contribution is -0.134. The van der Waals surface area contributed by atoms with Crippen molar-refractivity contribution in [1.82, 2.24) is 15.1 Å². The molecule has 1 atom stereocenters. The van der Waals surface area contributed by atoms with Gasteiger partial charge in [0.05, 0.1) is 12.6 Å². The highest BCUT2D eigenvalue weighted by molar-refractivity contribution is 5.78. The average molecular weight is 255 g/mol. The van der Waals surface area contributed by atoms with Crippen molar-refractivity contribution in [2.45, 2.75) is 18.9 Å². The van der Waals surface area contributed by atoms with E-state index in [0.717, 1.165) is 32.4 Å². The van der Waals surface area contributed by atoms with Gasteiger partial charge >= 0.3 is 0 Å². The third-order valence-corrected chi connectivity index (χ3v) is 3.49. The standard InChI is InChI=1S/C12H21N3O3/c16-10-14-3-5-15(6-4-14)12(17)9-13-8-11-2-1-7-18-11/h10-11,13H,1-9H2. The molecule has 18 heavy (non-hydrogen) atoms. The summed E-state index contributed by atoms with van der Waals surface area (Å²) < 4.78 is 5.48. The van der Waals surface area contributed by atoms with Crippen LogP contribution in [0.1, 0.15) is 12.8 Å². The lowest BCUT2D eigenvalue weighted by atomic mass is 10.2. The molecule has 0 saturated carbocycles. The van der Waals surface area contributed by atoms with Crippen LogP contribution in [0, 0.1) is 0 Å². The molecular formula is C12H21N3O3. The summed E-state index contributed by atoms with van der Waals surface area (Å²) in [5, 5.41) is 3.15. The Morgan fingerprint density at radius 1 is 1.33 bits per heavy atom. The number of rotatable bonds is 5. The van der Waals surface area contributed by atoms with Gasteiger partial charge in [-0.1, -0.05) is 0 Å². The van der Waals surface area contributed by atoms with Crippen molar-refractivity contribution in [1.29, 1.82) is 0 Å². The number of piperazine rings is 1. The van der Waals surface area contributed by atoms with Crippen LogP contribution in [0.25, 0.3) is 0 Å². The lowest BCUT2D eigenvalue weighted by Gasteiger charge is -2.32. The highest BCUT2D eigenvalue weighted by Gasteiger charge is 2.20. The third kappa shape index (κ3) is 3.68. The van der Waals surface area contributed by atoms with Crippen LogP contribution < -0.4 is 5.32 Å². The zero-order valence-corrected chi connectivity index (χ0v) is 10.6. The lowest BCUT2D eigenvalue weighted by Crippen LogP contribution is -2.50. The summed E-state index contributed by atoms with van der Waals surface area (Å²) in [5.41, 5.74) is 0. The van der Waals surface area contributed by atoms with Gasteiger partial charge < -0.3 is 19.9 Å². The van der Waals surface area contributed by atoms with Crippen LogP contribution in [0.15, 0.2) is 0 Å². The van der Waals surface area contributed by atoms with Gasteiger partial charge in [0, 0.05) is 39.3 Å². The van der Waals surface area contributed by atoms with E-state index < -0.39 is 0 Å². The van der Waals surface area contributed by atoms with E-state index in [1.54, 1.807) is 4.90 Å². The van der Waals surface area contributed by atoms with Gasteiger partial charge in [-0.15, -0.1) is 0 Å². The molecule has 2 aliphatic heterocycles. The van der Waals surface area contributed by atoms with E-state index in [0.29, 0.717) is 32.7 Å². The molecule has 0 radical (unpaired) electrons. The summed E-state index contributed by atoms with van der Waals surface area (Å²) in [6, 6.07) is 0. The minimum atomic E-state index is 0.110. The number of hydrogen-bond acceptors (Lipinski definition) is 4. The molecule has 0 bridgehead atoms. The van der Waals surface area contributed by atoms with Gasteiger partial charge in [-0.3, -0.25) is 9.59 Å². The van der Waals surface area contributed by atoms with Crippen LogP contribution in [-0.4, -0.2) is 74.1 Å². The fraction of sp³-hybridized carbons (Fsp3) is 0.833. The van der Waals surface area contributed by atoms with E-state index in [-0.39, 0.29) is 12.0 Å². The summed E-state index contributed by atoms with van der Waals surface area (Å²) in [5.74, 6) is 0.110. The van der Waals surface area contributed by atoms with Crippen molar-refractivity contribution in [2.24, 2.45) is 0 Å². The number of carbonyl (C=O) groups is 2. The van der Waals surface area contributed by atoms with Crippen LogP contribution in [0.2, 0.25) is 0 Å². The van der Waals surface area contributed by atoms with E-state index >= 15 is 0 Å². The first kappa shape index (κ1) is 13.3. The predicted molar refractivity (Wildman–Crippen MR) is 66.1 cm³/mol. The predicted octanol–water partition coefficient (Wildman–Crippen LogP) is -0.944. The second kappa shape index (κ2) is 6.70. The molecule has 2 fully saturated rings. The Morgan fingerprint density at radius 3 is 2.72 bits per heavy atom. The molecule has 2 aliphatic rings. The van der Waals surface area contributed by atoms with Gasteiger partial charge in [-0.05, 0) is 12.8 Å². The van der Waals surface area contributed by atoms with Crippen LogP contribution >= 0.6 is 0 Å². The number of nitrogens with zero attached hydrogens (tertiary/aromatic N) is 2. The topological polar surface area (TPSA) is 61.9 Å². The molecule has 0 aliphatic carbocycles. The summed E-state index contributed by atoms with van der Waals surface area (Å²) in [6.45, 7) is 4.51. The van der Waals surface area contributed by atoms with Gasteiger partial charge in [0.15, 0.2) is 0 Å². The Bertz CT molecular complexity index is 284. The van der Waals surface area contributed by atoms with Crippen molar-refractivity contribution < 1.29 is 14.3 Å². The van der Waals surface area contributed by atoms with Crippen molar-refractivity contribution in [3.63, 3.8) is 0 Å². The average Bonchev–Trinajstić information content (AvgIpc) is 2.92. The highest BCUT2D eigenvalue weighted by atomic mass is 16.5. The van der Waals surface area contributed by atoms with Gasteiger partial charge in [0.1, 0.15) is 0 Å². The molecule has 2 heterocycles. The van der Waals surface area contributed by atoms with Crippen LogP contribution in [0.4, 0.5) is 0 Å². The largest absolute Gasteiger partial charge is 0.377 e. The molecule has 6 nitrogen and oxygen atoms in total. The maximum atomic E-state index is 11.9. The molecule has 0 aromatic carbocycles. The number of ether oxygens (including phenoxy) is 1.